The van der Waals surface area contributed by atoms with Gasteiger partial charge in [0.05, 0.1) is 26.2 Å². The van der Waals surface area contributed by atoms with Crippen LogP contribution in [0.3, 0.4) is 0 Å². The van der Waals surface area contributed by atoms with Crippen LogP contribution in [0.15, 0.2) is 67.3 Å². The van der Waals surface area contributed by atoms with Crippen molar-refractivity contribution in [2.24, 2.45) is 5.92 Å². The molecule has 0 radical (unpaired) electrons. The van der Waals surface area contributed by atoms with Gasteiger partial charge in [0, 0.05) is 5.69 Å². The van der Waals surface area contributed by atoms with Gasteiger partial charge in [0.1, 0.15) is 5.75 Å². The minimum Gasteiger partial charge on any atom is -0.497 e. The lowest BCUT2D eigenvalue weighted by Crippen LogP contribution is -2.28. The highest BCUT2D eigenvalue weighted by atomic mass is 16.5. The molecule has 0 aliphatic heterocycles. The zero-order chi connectivity index (χ0) is 17.4. The number of anilines is 1. The first-order valence-electron chi connectivity index (χ1n) is 7.84. The van der Waals surface area contributed by atoms with E-state index < -0.39 is 0 Å². The molecule has 2 aromatic carbocycles. The zero-order valence-corrected chi connectivity index (χ0v) is 14.1. The summed E-state index contributed by atoms with van der Waals surface area (Å²) >= 11 is 0. The Morgan fingerprint density at radius 2 is 1.79 bits per heavy atom. The Balaban J connectivity index is 2.34. The molecule has 0 spiro atoms. The Labute approximate surface area is 143 Å². The fourth-order valence-electron chi connectivity index (χ4n) is 2.64. The molecule has 0 amide bonds. The van der Waals surface area contributed by atoms with E-state index in [1.54, 1.807) is 13.2 Å². The molecule has 0 saturated carbocycles. The monoisotopic (exact) mass is 325 g/mol. The van der Waals surface area contributed by atoms with Crippen molar-refractivity contribution < 1.29 is 14.3 Å². The first kappa shape index (κ1) is 17.6. The number of ether oxygens (including phenoxy) is 2. The number of carbonyl (C=O) groups is 1. The maximum absolute atomic E-state index is 12.3. The molecule has 4 nitrogen and oxygen atoms in total. The van der Waals surface area contributed by atoms with E-state index >= 15 is 0 Å². The van der Waals surface area contributed by atoms with Gasteiger partial charge < -0.3 is 14.8 Å². The lowest BCUT2D eigenvalue weighted by Gasteiger charge is -2.27. The Hall–Kier alpha value is -2.75. The fourth-order valence-corrected chi connectivity index (χ4v) is 2.64. The van der Waals surface area contributed by atoms with Gasteiger partial charge in [-0.1, -0.05) is 36.4 Å². The number of rotatable bonds is 8. The number of esters is 1. The van der Waals surface area contributed by atoms with Gasteiger partial charge in [0.25, 0.3) is 0 Å². The molecule has 2 atom stereocenters. The van der Waals surface area contributed by atoms with Gasteiger partial charge in [-0.3, -0.25) is 4.79 Å². The summed E-state index contributed by atoms with van der Waals surface area (Å²) in [6, 6.07) is 17.3. The van der Waals surface area contributed by atoms with Crippen LogP contribution in [0.25, 0.3) is 0 Å². The lowest BCUT2D eigenvalue weighted by molar-refractivity contribution is -0.145. The van der Waals surface area contributed by atoms with Crippen molar-refractivity contribution in [3.63, 3.8) is 0 Å². The Morgan fingerprint density at radius 1 is 1.12 bits per heavy atom. The topological polar surface area (TPSA) is 47.6 Å². The van der Waals surface area contributed by atoms with Crippen molar-refractivity contribution in [3.05, 3.63) is 72.8 Å². The molecule has 126 valence electrons. The van der Waals surface area contributed by atoms with E-state index in [1.807, 2.05) is 54.6 Å². The van der Waals surface area contributed by atoms with Crippen molar-refractivity contribution in [1.82, 2.24) is 0 Å². The van der Waals surface area contributed by atoms with Crippen molar-refractivity contribution in [1.29, 1.82) is 0 Å². The van der Waals surface area contributed by atoms with Gasteiger partial charge in [-0.2, -0.15) is 0 Å². The summed E-state index contributed by atoms with van der Waals surface area (Å²) in [6.45, 7) is 3.77. The molecule has 0 fully saturated rings. The summed E-state index contributed by atoms with van der Waals surface area (Å²) in [5.41, 5.74) is 1.92. The molecule has 0 saturated heterocycles. The molecule has 0 aliphatic rings. The second kappa shape index (κ2) is 8.77. The molecule has 1 N–H and O–H groups in total. The number of nitrogens with one attached hydrogen (secondary N) is 1. The highest BCUT2D eigenvalue weighted by molar-refractivity contribution is 5.74. The summed E-state index contributed by atoms with van der Waals surface area (Å²) in [4.78, 5) is 12.3. The van der Waals surface area contributed by atoms with Crippen molar-refractivity contribution in [2.45, 2.75) is 12.5 Å². The van der Waals surface area contributed by atoms with Crippen LogP contribution in [0.5, 0.6) is 5.75 Å². The SMILES string of the molecule is C=CC[C@@H](C(=O)OC)[C@@H](Nc1ccc(OC)cc1)c1ccccc1. The van der Waals surface area contributed by atoms with E-state index in [2.05, 4.69) is 11.9 Å². The van der Waals surface area contributed by atoms with E-state index in [4.69, 9.17) is 9.47 Å². The maximum Gasteiger partial charge on any atom is 0.311 e. The fraction of sp³-hybridized carbons (Fsp3) is 0.250. The molecule has 0 bridgehead atoms. The highest BCUT2D eigenvalue weighted by Gasteiger charge is 2.29. The quantitative estimate of drug-likeness (QED) is 0.583. The molecule has 0 aliphatic carbocycles. The van der Waals surface area contributed by atoms with Gasteiger partial charge in [-0.15, -0.1) is 6.58 Å². The second-order valence-electron chi connectivity index (χ2n) is 5.42. The molecule has 24 heavy (non-hydrogen) atoms. The highest BCUT2D eigenvalue weighted by Crippen LogP contribution is 2.31. The Morgan fingerprint density at radius 3 is 2.33 bits per heavy atom. The van der Waals surface area contributed by atoms with Crippen LogP contribution >= 0.6 is 0 Å². The van der Waals surface area contributed by atoms with Crippen molar-refractivity contribution in [3.8, 4) is 5.75 Å². The lowest BCUT2D eigenvalue weighted by atomic mass is 9.90. The summed E-state index contributed by atoms with van der Waals surface area (Å²) in [5.74, 6) is 0.161. The van der Waals surface area contributed by atoms with E-state index in [0.29, 0.717) is 6.42 Å². The number of hydrogen-bond donors (Lipinski definition) is 1. The summed E-state index contributed by atoms with van der Waals surface area (Å²) in [6.07, 6.45) is 2.27. The Bertz CT molecular complexity index is 652. The summed E-state index contributed by atoms with van der Waals surface area (Å²) in [7, 11) is 3.04. The molecule has 4 heteroatoms. The second-order valence-corrected chi connectivity index (χ2v) is 5.42. The molecule has 0 unspecified atom stereocenters. The molecule has 0 heterocycles. The third-order valence-corrected chi connectivity index (χ3v) is 3.90. The average molecular weight is 325 g/mol. The van der Waals surface area contributed by atoms with E-state index in [9.17, 15) is 4.79 Å². The molecule has 2 aromatic rings. The standard InChI is InChI=1S/C20H23NO3/c1-4-8-18(20(22)24-3)19(15-9-6-5-7-10-15)21-16-11-13-17(23-2)14-12-16/h4-7,9-14,18-19,21H,1,8H2,2-3H3/t18-,19+/m1/s1. The zero-order valence-electron chi connectivity index (χ0n) is 14.1. The molecule has 0 aromatic heterocycles. The summed E-state index contributed by atoms with van der Waals surface area (Å²) < 4.78 is 10.2. The molecular formula is C20H23NO3. The van der Waals surface area contributed by atoms with Crippen molar-refractivity contribution >= 4 is 11.7 Å². The normalized spacial score (nSPS) is 12.8. The van der Waals surface area contributed by atoms with Crippen LogP contribution in [-0.4, -0.2) is 20.2 Å². The van der Waals surface area contributed by atoms with Gasteiger partial charge in [-0.05, 0) is 36.2 Å². The maximum atomic E-state index is 12.3. The van der Waals surface area contributed by atoms with Crippen LogP contribution in [-0.2, 0) is 9.53 Å². The van der Waals surface area contributed by atoms with Crippen LogP contribution < -0.4 is 10.1 Å². The number of carbonyl (C=O) groups excluding carboxylic acids is 1. The van der Waals surface area contributed by atoms with Crippen molar-refractivity contribution in [2.75, 3.05) is 19.5 Å². The number of benzene rings is 2. The van der Waals surface area contributed by atoms with Crippen LogP contribution in [0.1, 0.15) is 18.0 Å². The minimum atomic E-state index is -0.364. The predicted octanol–water partition coefficient (Wildman–Crippen LogP) is 4.21. The smallest absolute Gasteiger partial charge is 0.311 e. The third kappa shape index (κ3) is 4.38. The Kier molecular flexibility index (Phi) is 6.43. The first-order valence-corrected chi connectivity index (χ1v) is 7.84. The predicted molar refractivity (Wildman–Crippen MR) is 96.1 cm³/mol. The number of allylic oxidation sites excluding steroid dienone is 1. The third-order valence-electron chi connectivity index (χ3n) is 3.90. The van der Waals surface area contributed by atoms with Crippen LogP contribution in [0.2, 0.25) is 0 Å². The average Bonchev–Trinajstić information content (AvgIpc) is 2.65. The van der Waals surface area contributed by atoms with E-state index in [1.165, 1.54) is 7.11 Å². The van der Waals surface area contributed by atoms with Gasteiger partial charge in [-0.25, -0.2) is 0 Å². The first-order chi connectivity index (χ1) is 11.7. The van der Waals surface area contributed by atoms with Gasteiger partial charge in [0.2, 0.25) is 0 Å². The minimum absolute atomic E-state index is 0.218. The number of methoxy groups -OCH3 is 2. The van der Waals surface area contributed by atoms with E-state index in [-0.39, 0.29) is 17.9 Å². The van der Waals surface area contributed by atoms with Gasteiger partial charge >= 0.3 is 5.97 Å². The largest absolute Gasteiger partial charge is 0.497 e. The van der Waals surface area contributed by atoms with Crippen LogP contribution in [0, 0.1) is 5.92 Å². The molecular weight excluding hydrogens is 302 g/mol. The van der Waals surface area contributed by atoms with Gasteiger partial charge in [0.15, 0.2) is 0 Å². The summed E-state index contributed by atoms with van der Waals surface area (Å²) in [5, 5.41) is 3.44. The molecule has 2 rings (SSSR count). The van der Waals surface area contributed by atoms with E-state index in [0.717, 1.165) is 17.0 Å². The number of hydrogen-bond acceptors (Lipinski definition) is 4. The van der Waals surface area contributed by atoms with Crippen LogP contribution in [0.4, 0.5) is 5.69 Å².